The highest BCUT2D eigenvalue weighted by atomic mass is 19.1. The van der Waals surface area contributed by atoms with E-state index >= 15 is 0 Å². The number of benzene rings is 1. The lowest BCUT2D eigenvalue weighted by molar-refractivity contribution is -0.117. The smallest absolute Gasteiger partial charge is 0.256 e. The van der Waals surface area contributed by atoms with Crippen molar-refractivity contribution in [2.24, 2.45) is 11.7 Å². The zero-order valence-electron chi connectivity index (χ0n) is 13.1. The lowest BCUT2D eigenvalue weighted by atomic mass is 9.96. The quantitative estimate of drug-likeness (QED) is 0.923. The maximum absolute atomic E-state index is 14.1. The molecule has 6 heteroatoms. The van der Waals surface area contributed by atoms with Crippen molar-refractivity contribution in [3.05, 3.63) is 29.6 Å². The first-order valence-corrected chi connectivity index (χ1v) is 8.19. The van der Waals surface area contributed by atoms with Crippen LogP contribution in [0.2, 0.25) is 0 Å². The summed E-state index contributed by atoms with van der Waals surface area (Å²) < 4.78 is 14.1. The molecule has 0 atom stereocenters. The Bertz CT molecular complexity index is 612. The van der Waals surface area contributed by atoms with E-state index in [4.69, 9.17) is 5.73 Å². The predicted molar refractivity (Wildman–Crippen MR) is 85.7 cm³/mol. The fraction of sp³-hybridized carbons (Fsp3) is 0.529. The highest BCUT2D eigenvalue weighted by Gasteiger charge is 2.27. The van der Waals surface area contributed by atoms with E-state index in [1.165, 1.54) is 12.1 Å². The van der Waals surface area contributed by atoms with Gasteiger partial charge in [-0.25, -0.2) is 4.39 Å². The Hall–Kier alpha value is -1.95. The Labute approximate surface area is 135 Å². The average Bonchev–Trinajstić information content (AvgIpc) is 3.01. The second-order valence-electron chi connectivity index (χ2n) is 6.28. The highest BCUT2D eigenvalue weighted by molar-refractivity contribution is 5.99. The van der Waals surface area contributed by atoms with Gasteiger partial charge < -0.3 is 15.5 Å². The molecule has 0 aromatic heterocycles. The molecule has 0 aliphatic carbocycles. The number of amides is 2. The van der Waals surface area contributed by atoms with Crippen LogP contribution in [0.3, 0.4) is 0 Å². The minimum absolute atomic E-state index is 0.0266. The summed E-state index contributed by atoms with van der Waals surface area (Å²) in [6.07, 6.45) is 3.02. The standard InChI is InChI=1S/C17H22FN3O2/c18-15-4-3-13(21-7-1-2-16(21)22)10-14(15)17(23)20-8-5-12(11-19)6-9-20/h3-4,10,12H,1-2,5-9,11,19H2. The molecule has 2 fully saturated rings. The summed E-state index contributed by atoms with van der Waals surface area (Å²) in [5.41, 5.74) is 6.32. The number of likely N-dealkylation sites (tertiary alicyclic amines) is 1. The number of piperidine rings is 1. The van der Waals surface area contributed by atoms with E-state index < -0.39 is 5.82 Å². The molecule has 3 rings (SSSR count). The molecule has 2 aliphatic heterocycles. The SMILES string of the molecule is NCC1CCN(C(=O)c2cc(N3CCCC3=O)ccc2F)CC1. The van der Waals surface area contributed by atoms with E-state index in [9.17, 15) is 14.0 Å². The third-order valence-corrected chi connectivity index (χ3v) is 4.80. The van der Waals surface area contributed by atoms with E-state index in [-0.39, 0.29) is 17.4 Å². The van der Waals surface area contributed by atoms with Gasteiger partial charge in [-0.05, 0) is 49.9 Å². The highest BCUT2D eigenvalue weighted by Crippen LogP contribution is 2.26. The predicted octanol–water partition coefficient (Wildman–Crippen LogP) is 1.76. The van der Waals surface area contributed by atoms with Crippen LogP contribution in [0.1, 0.15) is 36.0 Å². The van der Waals surface area contributed by atoms with Gasteiger partial charge in [0.25, 0.3) is 5.91 Å². The fourth-order valence-corrected chi connectivity index (χ4v) is 3.31. The van der Waals surface area contributed by atoms with Gasteiger partial charge in [-0.2, -0.15) is 0 Å². The van der Waals surface area contributed by atoms with E-state index in [1.807, 2.05) is 0 Å². The van der Waals surface area contributed by atoms with Crippen molar-refractivity contribution < 1.29 is 14.0 Å². The molecule has 2 saturated heterocycles. The maximum Gasteiger partial charge on any atom is 0.256 e. The molecule has 0 spiro atoms. The molecule has 2 aliphatic rings. The summed E-state index contributed by atoms with van der Waals surface area (Å²) in [6, 6.07) is 4.35. The van der Waals surface area contributed by atoms with Gasteiger partial charge in [0, 0.05) is 31.7 Å². The van der Waals surface area contributed by atoms with Gasteiger partial charge in [-0.1, -0.05) is 0 Å². The minimum atomic E-state index is -0.536. The summed E-state index contributed by atoms with van der Waals surface area (Å²) in [5, 5.41) is 0. The Morgan fingerprint density at radius 1 is 1.26 bits per heavy atom. The third-order valence-electron chi connectivity index (χ3n) is 4.80. The molecule has 0 saturated carbocycles. The van der Waals surface area contributed by atoms with Crippen molar-refractivity contribution in [1.29, 1.82) is 0 Å². The van der Waals surface area contributed by atoms with Crippen LogP contribution in [0.25, 0.3) is 0 Å². The number of carbonyl (C=O) groups excluding carboxylic acids is 2. The fourth-order valence-electron chi connectivity index (χ4n) is 3.31. The van der Waals surface area contributed by atoms with Crippen LogP contribution in [-0.4, -0.2) is 42.9 Å². The van der Waals surface area contributed by atoms with Crippen molar-refractivity contribution in [2.45, 2.75) is 25.7 Å². The molecule has 2 heterocycles. The summed E-state index contributed by atoms with van der Waals surface area (Å²) in [4.78, 5) is 27.8. The summed E-state index contributed by atoms with van der Waals surface area (Å²) in [6.45, 7) is 2.46. The number of hydrogen-bond acceptors (Lipinski definition) is 3. The van der Waals surface area contributed by atoms with Gasteiger partial charge in [-0.15, -0.1) is 0 Å². The number of nitrogens with two attached hydrogens (primary N) is 1. The monoisotopic (exact) mass is 319 g/mol. The van der Waals surface area contributed by atoms with Crippen LogP contribution >= 0.6 is 0 Å². The summed E-state index contributed by atoms with van der Waals surface area (Å²) >= 11 is 0. The number of carbonyl (C=O) groups is 2. The van der Waals surface area contributed by atoms with Crippen molar-refractivity contribution in [3.63, 3.8) is 0 Å². The van der Waals surface area contributed by atoms with Crippen molar-refractivity contribution in [1.82, 2.24) is 4.90 Å². The first-order valence-electron chi connectivity index (χ1n) is 8.19. The van der Waals surface area contributed by atoms with E-state index in [1.54, 1.807) is 15.9 Å². The molecule has 0 unspecified atom stereocenters. The molecule has 23 heavy (non-hydrogen) atoms. The second-order valence-corrected chi connectivity index (χ2v) is 6.28. The van der Waals surface area contributed by atoms with Gasteiger partial charge in [0.05, 0.1) is 5.56 Å². The van der Waals surface area contributed by atoms with E-state index in [2.05, 4.69) is 0 Å². The van der Waals surface area contributed by atoms with Crippen LogP contribution in [0.15, 0.2) is 18.2 Å². The Morgan fingerprint density at radius 3 is 2.61 bits per heavy atom. The molecule has 2 N–H and O–H groups in total. The number of halogens is 1. The Kier molecular flexibility index (Phi) is 4.61. The lowest BCUT2D eigenvalue weighted by Gasteiger charge is -2.31. The van der Waals surface area contributed by atoms with Crippen molar-refractivity contribution >= 4 is 17.5 Å². The zero-order chi connectivity index (χ0) is 16.4. The van der Waals surface area contributed by atoms with Crippen molar-refractivity contribution in [2.75, 3.05) is 31.1 Å². The molecule has 1 aromatic rings. The zero-order valence-corrected chi connectivity index (χ0v) is 13.1. The third kappa shape index (κ3) is 3.22. The number of nitrogens with zero attached hydrogens (tertiary/aromatic N) is 2. The van der Waals surface area contributed by atoms with Gasteiger partial charge >= 0.3 is 0 Å². The van der Waals surface area contributed by atoms with E-state index in [0.29, 0.717) is 44.2 Å². The van der Waals surface area contributed by atoms with Crippen molar-refractivity contribution in [3.8, 4) is 0 Å². The lowest BCUT2D eigenvalue weighted by Crippen LogP contribution is -2.40. The van der Waals surface area contributed by atoms with Gasteiger partial charge in [-0.3, -0.25) is 9.59 Å². The second kappa shape index (κ2) is 6.66. The molecule has 0 radical (unpaired) electrons. The van der Waals surface area contributed by atoms with Gasteiger partial charge in [0.15, 0.2) is 0 Å². The van der Waals surface area contributed by atoms with Crippen LogP contribution in [0, 0.1) is 11.7 Å². The van der Waals surface area contributed by atoms with Crippen LogP contribution in [-0.2, 0) is 4.79 Å². The first-order chi connectivity index (χ1) is 11.1. The molecule has 5 nitrogen and oxygen atoms in total. The minimum Gasteiger partial charge on any atom is -0.339 e. The first kappa shape index (κ1) is 15.9. The summed E-state index contributed by atoms with van der Waals surface area (Å²) in [5.74, 6) is -0.367. The van der Waals surface area contributed by atoms with Crippen LogP contribution in [0.5, 0.6) is 0 Å². The topological polar surface area (TPSA) is 66.6 Å². The van der Waals surface area contributed by atoms with Crippen LogP contribution < -0.4 is 10.6 Å². The largest absolute Gasteiger partial charge is 0.339 e. The van der Waals surface area contributed by atoms with Gasteiger partial charge in [0.2, 0.25) is 5.91 Å². The maximum atomic E-state index is 14.1. The van der Waals surface area contributed by atoms with Gasteiger partial charge in [0.1, 0.15) is 5.82 Å². The molecule has 0 bridgehead atoms. The number of hydrogen-bond donors (Lipinski definition) is 1. The van der Waals surface area contributed by atoms with E-state index in [0.717, 1.165) is 19.3 Å². The molecular weight excluding hydrogens is 297 g/mol. The molecule has 2 amide bonds. The Morgan fingerprint density at radius 2 is 2.00 bits per heavy atom. The summed E-state index contributed by atoms with van der Waals surface area (Å²) in [7, 11) is 0. The molecule has 1 aromatic carbocycles. The normalized spacial score (nSPS) is 19.5. The molecular formula is C17H22FN3O2. The number of anilines is 1. The molecule has 124 valence electrons. The Balaban J connectivity index is 1.79. The number of rotatable bonds is 3. The average molecular weight is 319 g/mol. The van der Waals surface area contributed by atoms with Crippen LogP contribution in [0.4, 0.5) is 10.1 Å².